The van der Waals surface area contributed by atoms with Crippen molar-refractivity contribution in [3.8, 4) is 0 Å². The number of amides is 1. The molecule has 0 saturated heterocycles. The second-order valence-electron chi connectivity index (χ2n) is 4.05. The van der Waals surface area contributed by atoms with Crippen molar-refractivity contribution in [2.45, 2.75) is 20.4 Å². The molecule has 0 radical (unpaired) electrons. The third kappa shape index (κ3) is 2.06. The minimum absolute atomic E-state index is 0.263. The molecule has 2 rings (SSSR count). The Labute approximate surface area is 104 Å². The number of nitrogens with zero attached hydrogens (tertiary/aromatic N) is 3. The zero-order valence-corrected chi connectivity index (χ0v) is 10.5. The summed E-state index contributed by atoms with van der Waals surface area (Å²) >= 11 is 0. The monoisotopic (exact) mass is 249 g/mol. The van der Waals surface area contributed by atoms with Crippen LogP contribution >= 0.6 is 0 Å². The van der Waals surface area contributed by atoms with Gasteiger partial charge in [-0.05, 0) is 13.8 Å². The van der Waals surface area contributed by atoms with Crippen LogP contribution in [0.1, 0.15) is 27.4 Å². The quantitative estimate of drug-likeness (QED) is 0.827. The number of aromatic nitrogens is 3. The second-order valence-corrected chi connectivity index (χ2v) is 4.05. The molecule has 0 aliphatic rings. The molecule has 0 fully saturated rings. The van der Waals surface area contributed by atoms with E-state index >= 15 is 0 Å². The first-order valence-corrected chi connectivity index (χ1v) is 5.48. The van der Waals surface area contributed by atoms with Crippen molar-refractivity contribution in [2.24, 2.45) is 7.05 Å². The Hall–Kier alpha value is -2.31. The molecule has 0 saturated carbocycles. The summed E-state index contributed by atoms with van der Waals surface area (Å²) in [7, 11) is 1.68. The largest absolute Gasteiger partial charge is 0.383 e. The molecular weight excluding hydrogens is 234 g/mol. The minimum Gasteiger partial charge on any atom is -0.383 e. The second kappa shape index (κ2) is 4.52. The van der Waals surface area contributed by atoms with Gasteiger partial charge in [0.25, 0.3) is 5.91 Å². The fourth-order valence-electron chi connectivity index (χ4n) is 1.64. The Morgan fingerprint density at radius 2 is 2.28 bits per heavy atom. The summed E-state index contributed by atoms with van der Waals surface area (Å²) in [5.41, 5.74) is 7.74. The fraction of sp³-hybridized carbons (Fsp3) is 0.364. The van der Waals surface area contributed by atoms with Gasteiger partial charge >= 0.3 is 0 Å². The summed E-state index contributed by atoms with van der Waals surface area (Å²) in [5, 5.41) is 10.5. The number of nitrogens with one attached hydrogen (secondary N) is 1. The van der Waals surface area contributed by atoms with E-state index < -0.39 is 0 Å². The fourth-order valence-corrected chi connectivity index (χ4v) is 1.64. The van der Waals surface area contributed by atoms with Crippen LogP contribution in [0.25, 0.3) is 0 Å². The lowest BCUT2D eigenvalue weighted by molar-refractivity contribution is 0.0951. The van der Waals surface area contributed by atoms with Gasteiger partial charge in [-0.1, -0.05) is 5.16 Å². The van der Waals surface area contributed by atoms with Gasteiger partial charge in [0.05, 0.1) is 11.9 Å². The normalized spacial score (nSPS) is 10.6. The Morgan fingerprint density at radius 3 is 2.78 bits per heavy atom. The van der Waals surface area contributed by atoms with Crippen LogP contribution in [-0.4, -0.2) is 20.8 Å². The van der Waals surface area contributed by atoms with E-state index in [4.69, 9.17) is 10.3 Å². The van der Waals surface area contributed by atoms with Crippen LogP contribution in [0.2, 0.25) is 0 Å². The third-order valence-corrected chi connectivity index (χ3v) is 2.84. The molecule has 96 valence electrons. The van der Waals surface area contributed by atoms with Crippen molar-refractivity contribution in [3.05, 3.63) is 28.8 Å². The molecule has 7 nitrogen and oxygen atoms in total. The van der Waals surface area contributed by atoms with Gasteiger partial charge in [0.15, 0.2) is 0 Å². The molecule has 18 heavy (non-hydrogen) atoms. The van der Waals surface area contributed by atoms with Gasteiger partial charge in [-0.2, -0.15) is 5.10 Å². The lowest BCUT2D eigenvalue weighted by atomic mass is 10.2. The zero-order valence-electron chi connectivity index (χ0n) is 10.5. The smallest absolute Gasteiger partial charge is 0.256 e. The van der Waals surface area contributed by atoms with Crippen LogP contribution in [0.3, 0.4) is 0 Å². The summed E-state index contributed by atoms with van der Waals surface area (Å²) < 4.78 is 6.47. The zero-order chi connectivity index (χ0) is 13.3. The lowest BCUT2D eigenvalue weighted by Gasteiger charge is -2.04. The average molecular weight is 249 g/mol. The van der Waals surface area contributed by atoms with E-state index in [2.05, 4.69) is 15.6 Å². The van der Waals surface area contributed by atoms with Gasteiger partial charge in [0.1, 0.15) is 17.1 Å². The van der Waals surface area contributed by atoms with Crippen molar-refractivity contribution in [3.63, 3.8) is 0 Å². The van der Waals surface area contributed by atoms with E-state index in [1.165, 1.54) is 10.9 Å². The number of nitrogen functional groups attached to an aromatic ring is 1. The standard InChI is InChI=1S/C11H15N5O2/c1-6-8(7(2)18-15-6)4-13-11(17)9-5-14-16(3)10(9)12/h5H,4,12H2,1-3H3,(H,13,17). The molecule has 2 aromatic heterocycles. The van der Waals surface area contributed by atoms with Crippen molar-refractivity contribution in [1.29, 1.82) is 0 Å². The summed E-state index contributed by atoms with van der Waals surface area (Å²) in [4.78, 5) is 11.9. The molecule has 7 heteroatoms. The van der Waals surface area contributed by atoms with Crippen LogP contribution in [-0.2, 0) is 13.6 Å². The number of hydrogen-bond donors (Lipinski definition) is 2. The molecule has 0 aliphatic heterocycles. The van der Waals surface area contributed by atoms with Gasteiger partial charge in [-0.15, -0.1) is 0 Å². The number of nitrogens with two attached hydrogens (primary N) is 1. The van der Waals surface area contributed by atoms with Gasteiger partial charge < -0.3 is 15.6 Å². The van der Waals surface area contributed by atoms with Gasteiger partial charge in [-0.3, -0.25) is 9.48 Å². The molecule has 0 aromatic carbocycles. The maximum atomic E-state index is 11.9. The average Bonchev–Trinajstić information content (AvgIpc) is 2.82. The van der Waals surface area contributed by atoms with Crippen LogP contribution in [0.15, 0.2) is 10.7 Å². The van der Waals surface area contributed by atoms with E-state index in [0.717, 1.165) is 11.3 Å². The Balaban J connectivity index is 2.07. The van der Waals surface area contributed by atoms with Crippen LogP contribution in [0.5, 0.6) is 0 Å². The number of carbonyl (C=O) groups is 1. The number of hydrogen-bond acceptors (Lipinski definition) is 5. The molecule has 3 N–H and O–H groups in total. The summed E-state index contributed by atoms with van der Waals surface area (Å²) in [6.07, 6.45) is 1.44. The predicted molar refractivity (Wildman–Crippen MR) is 64.8 cm³/mol. The minimum atomic E-state index is -0.263. The summed E-state index contributed by atoms with van der Waals surface area (Å²) in [6.45, 7) is 3.99. The summed E-state index contributed by atoms with van der Waals surface area (Å²) in [5.74, 6) is 0.777. The molecule has 1 amide bonds. The predicted octanol–water partition coefficient (Wildman–Crippen LogP) is 0.537. The first-order chi connectivity index (χ1) is 8.50. The van der Waals surface area contributed by atoms with E-state index in [-0.39, 0.29) is 5.91 Å². The SMILES string of the molecule is Cc1noc(C)c1CNC(=O)c1cnn(C)c1N. The molecule has 2 heterocycles. The highest BCUT2D eigenvalue weighted by molar-refractivity contribution is 5.98. The van der Waals surface area contributed by atoms with E-state index in [0.29, 0.717) is 23.7 Å². The number of aryl methyl sites for hydroxylation is 3. The molecule has 2 aromatic rings. The van der Waals surface area contributed by atoms with Crippen LogP contribution in [0, 0.1) is 13.8 Å². The molecule has 0 atom stereocenters. The van der Waals surface area contributed by atoms with Gasteiger partial charge in [0.2, 0.25) is 0 Å². The van der Waals surface area contributed by atoms with Crippen molar-refractivity contribution < 1.29 is 9.32 Å². The third-order valence-electron chi connectivity index (χ3n) is 2.84. The topological polar surface area (TPSA) is 99.0 Å². The first-order valence-electron chi connectivity index (χ1n) is 5.48. The van der Waals surface area contributed by atoms with Gasteiger partial charge in [0, 0.05) is 19.2 Å². The van der Waals surface area contributed by atoms with E-state index in [9.17, 15) is 4.79 Å². The van der Waals surface area contributed by atoms with Crippen LogP contribution in [0.4, 0.5) is 5.82 Å². The van der Waals surface area contributed by atoms with E-state index in [1.807, 2.05) is 6.92 Å². The molecule has 0 unspecified atom stereocenters. The molecule has 0 spiro atoms. The Morgan fingerprint density at radius 1 is 1.56 bits per heavy atom. The van der Waals surface area contributed by atoms with Crippen molar-refractivity contribution in [2.75, 3.05) is 5.73 Å². The number of carbonyl (C=O) groups excluding carboxylic acids is 1. The maximum Gasteiger partial charge on any atom is 0.256 e. The lowest BCUT2D eigenvalue weighted by Crippen LogP contribution is -2.24. The summed E-state index contributed by atoms with van der Waals surface area (Å²) in [6, 6.07) is 0. The molecular formula is C11H15N5O2. The van der Waals surface area contributed by atoms with Crippen molar-refractivity contribution >= 4 is 11.7 Å². The van der Waals surface area contributed by atoms with Gasteiger partial charge in [-0.25, -0.2) is 0 Å². The maximum absolute atomic E-state index is 11.9. The highest BCUT2D eigenvalue weighted by atomic mass is 16.5. The first kappa shape index (κ1) is 12.2. The molecule has 0 bridgehead atoms. The Bertz CT molecular complexity index is 565. The van der Waals surface area contributed by atoms with Crippen molar-refractivity contribution in [1.82, 2.24) is 20.3 Å². The van der Waals surface area contributed by atoms with Crippen LogP contribution < -0.4 is 11.1 Å². The Kier molecular flexibility index (Phi) is 3.05. The highest BCUT2D eigenvalue weighted by Crippen LogP contribution is 2.13. The van der Waals surface area contributed by atoms with E-state index in [1.54, 1.807) is 14.0 Å². The number of anilines is 1. The highest BCUT2D eigenvalue weighted by Gasteiger charge is 2.15. The molecule has 0 aliphatic carbocycles. The number of rotatable bonds is 3.